The summed E-state index contributed by atoms with van der Waals surface area (Å²) in [7, 11) is 0. The van der Waals surface area contributed by atoms with E-state index in [1.54, 1.807) is 0 Å². The summed E-state index contributed by atoms with van der Waals surface area (Å²) in [6, 6.07) is 0.477. The van der Waals surface area contributed by atoms with Gasteiger partial charge in [-0.2, -0.15) is 4.37 Å². The van der Waals surface area contributed by atoms with Crippen molar-refractivity contribution < 1.29 is 4.79 Å². The lowest BCUT2D eigenvalue weighted by atomic mass is 9.96. The second kappa shape index (κ2) is 4.98. The van der Waals surface area contributed by atoms with Crippen LogP contribution >= 0.6 is 11.5 Å². The Bertz CT molecular complexity index is 501. The number of amides is 1. The predicted molar refractivity (Wildman–Crippen MR) is 78.0 cm³/mol. The maximum Gasteiger partial charge on any atom is 0.223 e. The molecule has 1 saturated heterocycles. The quantitative estimate of drug-likeness (QED) is 0.921. The molecule has 5 nitrogen and oxygen atoms in total. The van der Waals surface area contributed by atoms with Gasteiger partial charge in [0.25, 0.3) is 0 Å². The van der Waals surface area contributed by atoms with Crippen molar-refractivity contribution in [2.24, 2.45) is 5.92 Å². The minimum atomic E-state index is 0.197. The Labute approximate surface area is 122 Å². The molecule has 1 amide bonds. The van der Waals surface area contributed by atoms with E-state index in [1.807, 2.05) is 0 Å². The summed E-state index contributed by atoms with van der Waals surface area (Å²) in [4.78, 5) is 19.0. The lowest BCUT2D eigenvalue weighted by Crippen LogP contribution is -2.41. The molecule has 0 unspecified atom stereocenters. The molecule has 2 heterocycles. The molecule has 20 heavy (non-hydrogen) atoms. The van der Waals surface area contributed by atoms with Gasteiger partial charge in [-0.05, 0) is 38.5 Å². The normalized spacial score (nSPS) is 23.9. The van der Waals surface area contributed by atoms with E-state index in [0.717, 1.165) is 36.9 Å². The summed E-state index contributed by atoms with van der Waals surface area (Å²) in [5.74, 6) is 2.13. The molecule has 6 heteroatoms. The van der Waals surface area contributed by atoms with Crippen molar-refractivity contribution in [2.45, 2.75) is 50.5 Å². The number of anilines is 1. The van der Waals surface area contributed by atoms with Crippen molar-refractivity contribution in [2.75, 3.05) is 18.0 Å². The number of rotatable bonds is 4. The summed E-state index contributed by atoms with van der Waals surface area (Å²) in [5, 5.41) is 4.17. The van der Waals surface area contributed by atoms with Crippen LogP contribution in [0.3, 0.4) is 0 Å². The summed E-state index contributed by atoms with van der Waals surface area (Å²) in [6.07, 6.45) is 6.71. The number of nitrogens with one attached hydrogen (secondary N) is 1. The van der Waals surface area contributed by atoms with E-state index in [1.165, 1.54) is 37.2 Å². The first-order valence-corrected chi connectivity index (χ1v) is 8.46. The number of carbonyl (C=O) groups excluding carboxylic acids is 1. The Morgan fingerprint density at radius 1 is 1.15 bits per heavy atom. The van der Waals surface area contributed by atoms with E-state index < -0.39 is 0 Å². The van der Waals surface area contributed by atoms with Gasteiger partial charge in [-0.3, -0.25) is 4.79 Å². The SMILES string of the molecule is O=C(NC1CC1)C1CCN(c2nc(C3CC3)ns2)CC1. The third kappa shape index (κ3) is 2.66. The van der Waals surface area contributed by atoms with Crippen LogP contribution in [0, 0.1) is 5.92 Å². The van der Waals surface area contributed by atoms with Crippen molar-refractivity contribution in [1.29, 1.82) is 0 Å². The Balaban J connectivity index is 1.32. The van der Waals surface area contributed by atoms with E-state index in [9.17, 15) is 4.79 Å². The highest BCUT2D eigenvalue weighted by Crippen LogP contribution is 2.40. The Morgan fingerprint density at radius 3 is 2.55 bits per heavy atom. The number of hydrogen-bond donors (Lipinski definition) is 1. The van der Waals surface area contributed by atoms with Crippen LogP contribution in [0.25, 0.3) is 0 Å². The van der Waals surface area contributed by atoms with Crippen LogP contribution in [0.5, 0.6) is 0 Å². The molecule has 0 atom stereocenters. The van der Waals surface area contributed by atoms with Crippen molar-refractivity contribution in [1.82, 2.24) is 14.7 Å². The fraction of sp³-hybridized carbons (Fsp3) is 0.786. The van der Waals surface area contributed by atoms with Gasteiger partial charge in [-0.1, -0.05) is 0 Å². The van der Waals surface area contributed by atoms with Gasteiger partial charge in [0.05, 0.1) is 0 Å². The molecular weight excluding hydrogens is 272 g/mol. The lowest BCUT2D eigenvalue weighted by molar-refractivity contribution is -0.125. The molecule has 108 valence electrons. The van der Waals surface area contributed by atoms with Crippen LogP contribution < -0.4 is 10.2 Å². The zero-order valence-corrected chi connectivity index (χ0v) is 12.4. The van der Waals surface area contributed by atoms with Gasteiger partial charge in [-0.15, -0.1) is 0 Å². The summed E-state index contributed by atoms with van der Waals surface area (Å²) < 4.78 is 4.46. The average molecular weight is 292 g/mol. The third-order valence-electron chi connectivity index (χ3n) is 4.43. The molecule has 1 aromatic rings. The van der Waals surface area contributed by atoms with Gasteiger partial charge in [0.1, 0.15) is 5.82 Å². The highest BCUT2D eigenvalue weighted by molar-refractivity contribution is 7.09. The molecule has 0 spiro atoms. The zero-order chi connectivity index (χ0) is 13.5. The van der Waals surface area contributed by atoms with Gasteiger partial charge in [0, 0.05) is 42.5 Å². The van der Waals surface area contributed by atoms with E-state index in [0.29, 0.717) is 12.0 Å². The Morgan fingerprint density at radius 2 is 1.90 bits per heavy atom. The molecule has 1 aromatic heterocycles. The molecule has 0 bridgehead atoms. The van der Waals surface area contributed by atoms with Crippen LogP contribution in [-0.4, -0.2) is 34.4 Å². The first-order chi connectivity index (χ1) is 9.79. The second-order valence-electron chi connectivity index (χ2n) is 6.25. The Kier molecular flexibility index (Phi) is 3.13. The molecule has 3 fully saturated rings. The summed E-state index contributed by atoms with van der Waals surface area (Å²) in [6.45, 7) is 1.87. The molecule has 0 radical (unpaired) electrons. The smallest absolute Gasteiger partial charge is 0.223 e. The fourth-order valence-electron chi connectivity index (χ4n) is 2.74. The first kappa shape index (κ1) is 12.6. The van der Waals surface area contributed by atoms with Crippen molar-refractivity contribution >= 4 is 22.6 Å². The minimum Gasteiger partial charge on any atom is -0.353 e. The number of nitrogens with zero attached hydrogens (tertiary/aromatic N) is 3. The molecule has 2 aliphatic carbocycles. The standard InChI is InChI=1S/C14H20N4OS/c19-13(15-11-3-4-11)10-5-7-18(8-6-10)14-16-12(17-20-14)9-1-2-9/h9-11H,1-8H2,(H,15,19). The van der Waals surface area contributed by atoms with E-state index >= 15 is 0 Å². The van der Waals surface area contributed by atoms with Crippen LogP contribution in [0.15, 0.2) is 0 Å². The highest BCUT2D eigenvalue weighted by Gasteiger charge is 2.32. The van der Waals surface area contributed by atoms with Gasteiger partial charge < -0.3 is 10.2 Å². The van der Waals surface area contributed by atoms with Crippen LogP contribution in [0.2, 0.25) is 0 Å². The molecule has 1 N–H and O–H groups in total. The lowest BCUT2D eigenvalue weighted by Gasteiger charge is -2.30. The zero-order valence-electron chi connectivity index (χ0n) is 11.5. The van der Waals surface area contributed by atoms with Gasteiger partial charge in [-0.25, -0.2) is 4.98 Å². The number of carbonyl (C=O) groups is 1. The van der Waals surface area contributed by atoms with Crippen LogP contribution in [-0.2, 0) is 4.79 Å². The highest BCUT2D eigenvalue weighted by atomic mass is 32.1. The largest absolute Gasteiger partial charge is 0.353 e. The monoisotopic (exact) mass is 292 g/mol. The summed E-state index contributed by atoms with van der Waals surface area (Å²) >= 11 is 1.52. The van der Waals surface area contributed by atoms with Gasteiger partial charge in [0.15, 0.2) is 0 Å². The fourth-order valence-corrected chi connectivity index (χ4v) is 3.54. The number of aromatic nitrogens is 2. The van der Waals surface area contributed by atoms with Gasteiger partial charge >= 0.3 is 0 Å². The van der Waals surface area contributed by atoms with Crippen LogP contribution in [0.4, 0.5) is 5.13 Å². The van der Waals surface area contributed by atoms with Gasteiger partial charge in [0.2, 0.25) is 11.0 Å². The second-order valence-corrected chi connectivity index (χ2v) is 6.98. The van der Waals surface area contributed by atoms with E-state index in [2.05, 4.69) is 19.6 Å². The number of piperidine rings is 1. The molecule has 1 aliphatic heterocycles. The maximum atomic E-state index is 12.0. The molecule has 4 rings (SSSR count). The summed E-state index contributed by atoms with van der Waals surface area (Å²) in [5.41, 5.74) is 0. The minimum absolute atomic E-state index is 0.197. The molecule has 3 aliphatic rings. The number of hydrogen-bond acceptors (Lipinski definition) is 5. The van der Waals surface area contributed by atoms with Crippen molar-refractivity contribution in [3.8, 4) is 0 Å². The molecular formula is C14H20N4OS. The molecule has 2 saturated carbocycles. The predicted octanol–water partition coefficient (Wildman–Crippen LogP) is 1.91. The average Bonchev–Trinajstić information content (AvgIpc) is 3.40. The van der Waals surface area contributed by atoms with E-state index in [4.69, 9.17) is 0 Å². The topological polar surface area (TPSA) is 58.1 Å². The van der Waals surface area contributed by atoms with Crippen LogP contribution in [0.1, 0.15) is 50.3 Å². The third-order valence-corrected chi connectivity index (χ3v) is 5.22. The van der Waals surface area contributed by atoms with E-state index in [-0.39, 0.29) is 11.8 Å². The molecule has 0 aromatic carbocycles. The Hall–Kier alpha value is -1.17. The maximum absolute atomic E-state index is 12.0. The van der Waals surface area contributed by atoms with Crippen molar-refractivity contribution in [3.63, 3.8) is 0 Å². The van der Waals surface area contributed by atoms with Crippen molar-refractivity contribution in [3.05, 3.63) is 5.82 Å². The first-order valence-electron chi connectivity index (χ1n) is 7.68.